The number of phenols is 1. The van der Waals surface area contributed by atoms with Crippen molar-refractivity contribution in [3.8, 4) is 5.75 Å². The lowest BCUT2D eigenvalue weighted by Gasteiger charge is -2.10. The number of anilines is 1. The first-order chi connectivity index (χ1) is 12.0. The van der Waals surface area contributed by atoms with Crippen LogP contribution in [0.3, 0.4) is 0 Å². The van der Waals surface area contributed by atoms with Gasteiger partial charge in [-0.3, -0.25) is 4.79 Å². The zero-order valence-corrected chi connectivity index (χ0v) is 14.7. The Morgan fingerprint density at radius 2 is 1.68 bits per heavy atom. The highest BCUT2D eigenvalue weighted by molar-refractivity contribution is 6.37. The molecule has 25 heavy (non-hydrogen) atoms. The summed E-state index contributed by atoms with van der Waals surface area (Å²) in [7, 11) is 0. The van der Waals surface area contributed by atoms with E-state index in [0.717, 1.165) is 11.1 Å². The molecule has 0 saturated carbocycles. The van der Waals surface area contributed by atoms with Crippen molar-refractivity contribution in [3.63, 3.8) is 0 Å². The van der Waals surface area contributed by atoms with Crippen LogP contribution < -0.4 is 5.32 Å². The molecule has 0 heterocycles. The van der Waals surface area contributed by atoms with E-state index in [4.69, 9.17) is 23.2 Å². The number of rotatable bonds is 4. The van der Waals surface area contributed by atoms with Gasteiger partial charge in [-0.2, -0.15) is 0 Å². The van der Waals surface area contributed by atoms with Gasteiger partial charge in [-0.15, -0.1) is 0 Å². The Morgan fingerprint density at radius 3 is 2.40 bits per heavy atom. The molecule has 0 radical (unpaired) electrons. The molecule has 3 rings (SSSR count). The maximum absolute atomic E-state index is 12.4. The number of benzene rings is 3. The number of halogens is 2. The molecular formula is C20H15Cl2NO2. The van der Waals surface area contributed by atoms with Gasteiger partial charge < -0.3 is 10.4 Å². The molecule has 0 atom stereocenters. The topological polar surface area (TPSA) is 49.3 Å². The van der Waals surface area contributed by atoms with Crippen molar-refractivity contribution >= 4 is 34.8 Å². The van der Waals surface area contributed by atoms with E-state index in [1.165, 1.54) is 12.1 Å². The Labute approximate surface area is 155 Å². The second-order valence-electron chi connectivity index (χ2n) is 5.63. The van der Waals surface area contributed by atoms with Crippen molar-refractivity contribution in [3.05, 3.63) is 93.5 Å². The molecule has 0 bridgehead atoms. The Kier molecular flexibility index (Phi) is 5.27. The minimum Gasteiger partial charge on any atom is -0.508 e. The predicted molar refractivity (Wildman–Crippen MR) is 102 cm³/mol. The number of hydrogen-bond acceptors (Lipinski definition) is 2. The third-order valence-electron chi connectivity index (χ3n) is 3.66. The van der Waals surface area contributed by atoms with Gasteiger partial charge >= 0.3 is 0 Å². The van der Waals surface area contributed by atoms with Crippen molar-refractivity contribution in [1.82, 2.24) is 0 Å². The molecule has 0 aliphatic heterocycles. The summed E-state index contributed by atoms with van der Waals surface area (Å²) < 4.78 is 0. The van der Waals surface area contributed by atoms with Gasteiger partial charge in [0.05, 0.1) is 10.6 Å². The minimum absolute atomic E-state index is 0.0888. The third kappa shape index (κ3) is 4.53. The van der Waals surface area contributed by atoms with Gasteiger partial charge in [-0.25, -0.2) is 0 Å². The normalized spacial score (nSPS) is 10.5. The molecule has 126 valence electrons. The zero-order chi connectivity index (χ0) is 17.8. The van der Waals surface area contributed by atoms with Crippen LogP contribution in [0.15, 0.2) is 66.7 Å². The van der Waals surface area contributed by atoms with Crippen LogP contribution in [0.5, 0.6) is 5.75 Å². The molecule has 0 aromatic heterocycles. The van der Waals surface area contributed by atoms with E-state index in [2.05, 4.69) is 5.32 Å². The average Bonchev–Trinajstić information content (AvgIpc) is 2.55. The van der Waals surface area contributed by atoms with Crippen molar-refractivity contribution in [2.45, 2.75) is 6.42 Å². The molecule has 5 heteroatoms. The van der Waals surface area contributed by atoms with Gasteiger partial charge in [-0.05, 0) is 47.9 Å². The standard InChI is InChI=1S/C20H15Cl2NO2/c21-15-6-7-18(19(22)11-15)20(25)23-16-9-14(10-17(24)12-16)8-13-4-2-1-3-5-13/h1-7,9-12,24H,8H2,(H,23,25). The summed E-state index contributed by atoms with van der Waals surface area (Å²) in [5, 5.41) is 13.4. The highest BCUT2D eigenvalue weighted by atomic mass is 35.5. The molecular weight excluding hydrogens is 357 g/mol. The highest BCUT2D eigenvalue weighted by Crippen LogP contribution is 2.25. The van der Waals surface area contributed by atoms with E-state index in [-0.39, 0.29) is 16.7 Å². The Hall–Kier alpha value is -2.49. The molecule has 1 amide bonds. The summed E-state index contributed by atoms with van der Waals surface area (Å²) in [6.07, 6.45) is 0.653. The van der Waals surface area contributed by atoms with Crippen LogP contribution >= 0.6 is 23.2 Å². The fourth-order valence-corrected chi connectivity index (χ4v) is 3.05. The first-order valence-corrected chi connectivity index (χ1v) is 8.40. The quantitative estimate of drug-likeness (QED) is 0.632. The van der Waals surface area contributed by atoms with E-state index < -0.39 is 0 Å². The van der Waals surface area contributed by atoms with Crippen LogP contribution in [-0.2, 0) is 6.42 Å². The van der Waals surface area contributed by atoms with Crippen molar-refractivity contribution in [2.75, 3.05) is 5.32 Å². The Morgan fingerprint density at radius 1 is 0.920 bits per heavy atom. The van der Waals surface area contributed by atoms with Crippen molar-refractivity contribution in [1.29, 1.82) is 0 Å². The summed E-state index contributed by atoms with van der Waals surface area (Å²) in [5.74, 6) is -0.274. The van der Waals surface area contributed by atoms with Crippen LogP contribution in [0, 0.1) is 0 Å². The number of carbonyl (C=O) groups is 1. The van der Waals surface area contributed by atoms with E-state index in [9.17, 15) is 9.90 Å². The monoisotopic (exact) mass is 371 g/mol. The van der Waals surface area contributed by atoms with E-state index in [0.29, 0.717) is 22.7 Å². The number of aromatic hydroxyl groups is 1. The largest absolute Gasteiger partial charge is 0.508 e. The van der Waals surface area contributed by atoms with Gasteiger partial charge in [0.15, 0.2) is 0 Å². The lowest BCUT2D eigenvalue weighted by molar-refractivity contribution is 0.102. The second-order valence-corrected chi connectivity index (χ2v) is 6.47. The molecule has 3 aromatic rings. The SMILES string of the molecule is O=C(Nc1cc(O)cc(Cc2ccccc2)c1)c1ccc(Cl)cc1Cl. The maximum Gasteiger partial charge on any atom is 0.257 e. The lowest BCUT2D eigenvalue weighted by atomic mass is 10.0. The van der Waals surface area contributed by atoms with Crippen LogP contribution in [0.25, 0.3) is 0 Å². The molecule has 0 fully saturated rings. The van der Waals surface area contributed by atoms with Gasteiger partial charge in [0.1, 0.15) is 5.75 Å². The van der Waals surface area contributed by atoms with Crippen LogP contribution in [0.1, 0.15) is 21.5 Å². The summed E-state index contributed by atoms with van der Waals surface area (Å²) in [6.45, 7) is 0. The number of nitrogens with one attached hydrogen (secondary N) is 1. The molecule has 2 N–H and O–H groups in total. The first kappa shape index (κ1) is 17.3. The van der Waals surface area contributed by atoms with Crippen LogP contribution in [-0.4, -0.2) is 11.0 Å². The molecule has 0 spiro atoms. The Balaban J connectivity index is 1.81. The van der Waals surface area contributed by atoms with Crippen LogP contribution in [0.2, 0.25) is 10.0 Å². The molecule has 0 saturated heterocycles. The summed E-state index contributed by atoms with van der Waals surface area (Å²) in [6, 6.07) is 19.6. The molecule has 3 nitrogen and oxygen atoms in total. The number of carbonyl (C=O) groups excluding carboxylic acids is 1. The molecule has 0 aliphatic carbocycles. The van der Waals surface area contributed by atoms with Crippen LogP contribution in [0.4, 0.5) is 5.69 Å². The first-order valence-electron chi connectivity index (χ1n) is 7.64. The molecule has 0 aliphatic rings. The maximum atomic E-state index is 12.4. The van der Waals surface area contributed by atoms with Crippen molar-refractivity contribution < 1.29 is 9.90 Å². The van der Waals surface area contributed by atoms with E-state index >= 15 is 0 Å². The van der Waals surface area contributed by atoms with Gasteiger partial charge in [0.25, 0.3) is 5.91 Å². The summed E-state index contributed by atoms with van der Waals surface area (Å²) in [5.41, 5.74) is 2.83. The number of phenolic OH excluding ortho intramolecular Hbond substituents is 1. The average molecular weight is 372 g/mol. The third-order valence-corrected chi connectivity index (χ3v) is 4.21. The highest BCUT2D eigenvalue weighted by Gasteiger charge is 2.12. The van der Waals surface area contributed by atoms with E-state index in [1.807, 2.05) is 36.4 Å². The fourth-order valence-electron chi connectivity index (χ4n) is 2.55. The zero-order valence-electron chi connectivity index (χ0n) is 13.2. The van der Waals surface area contributed by atoms with E-state index in [1.54, 1.807) is 18.2 Å². The van der Waals surface area contributed by atoms with Gasteiger partial charge in [0.2, 0.25) is 0 Å². The van der Waals surface area contributed by atoms with Gasteiger partial charge in [-0.1, -0.05) is 53.5 Å². The number of amides is 1. The summed E-state index contributed by atoms with van der Waals surface area (Å²) in [4.78, 5) is 12.4. The predicted octanol–water partition coefficient (Wildman–Crippen LogP) is 5.54. The number of hydrogen-bond donors (Lipinski definition) is 2. The fraction of sp³-hybridized carbons (Fsp3) is 0.0500. The molecule has 3 aromatic carbocycles. The Bertz CT molecular complexity index is 911. The lowest BCUT2D eigenvalue weighted by Crippen LogP contribution is -2.12. The van der Waals surface area contributed by atoms with Crippen molar-refractivity contribution in [2.24, 2.45) is 0 Å². The second kappa shape index (κ2) is 7.60. The minimum atomic E-state index is -0.363. The molecule has 0 unspecified atom stereocenters. The summed E-state index contributed by atoms with van der Waals surface area (Å²) >= 11 is 11.9. The smallest absolute Gasteiger partial charge is 0.257 e. The van der Waals surface area contributed by atoms with Gasteiger partial charge in [0, 0.05) is 16.8 Å².